The van der Waals surface area contributed by atoms with Gasteiger partial charge in [-0.15, -0.1) is 0 Å². The second kappa shape index (κ2) is 8.09. The van der Waals surface area contributed by atoms with Crippen LogP contribution in [-0.4, -0.2) is 102 Å². The van der Waals surface area contributed by atoms with Gasteiger partial charge in [-0.25, -0.2) is 8.78 Å². The van der Waals surface area contributed by atoms with E-state index in [1.54, 1.807) is 0 Å². The van der Waals surface area contributed by atoms with Gasteiger partial charge in [-0.1, -0.05) is 0 Å². The second-order valence-electron chi connectivity index (χ2n) is 11.1. The molecule has 0 amide bonds. The van der Waals surface area contributed by atoms with Crippen LogP contribution in [0.2, 0.25) is 0 Å². The average Bonchev–Trinajstić information content (AvgIpc) is 3.03. The van der Waals surface area contributed by atoms with Crippen molar-refractivity contribution < 1.29 is 8.78 Å². The summed E-state index contributed by atoms with van der Waals surface area (Å²) in [7, 11) is 2.28. The first-order valence-electron chi connectivity index (χ1n) is 11.2. The Bertz CT molecular complexity index is 515. The van der Waals surface area contributed by atoms with E-state index in [0.717, 1.165) is 26.1 Å². The van der Waals surface area contributed by atoms with Crippen LogP contribution < -0.4 is 0 Å². The fourth-order valence-electron chi connectivity index (χ4n) is 4.90. The van der Waals surface area contributed by atoms with Crippen molar-refractivity contribution in [3.05, 3.63) is 0 Å². The van der Waals surface area contributed by atoms with Crippen LogP contribution in [0, 0.1) is 0 Å². The molecule has 3 rings (SSSR count). The molecule has 3 aliphatic rings. The Morgan fingerprint density at radius 1 is 0.929 bits per heavy atom. The molecule has 28 heavy (non-hydrogen) atoms. The summed E-state index contributed by atoms with van der Waals surface area (Å²) in [5.74, 6) is -2.44. The minimum atomic E-state index is -2.44. The van der Waals surface area contributed by atoms with Gasteiger partial charge < -0.3 is 4.90 Å². The molecule has 0 radical (unpaired) electrons. The van der Waals surface area contributed by atoms with Crippen LogP contribution in [0.3, 0.4) is 0 Å². The van der Waals surface area contributed by atoms with E-state index in [1.807, 2.05) is 0 Å². The molecule has 164 valence electrons. The molecule has 0 aromatic heterocycles. The SMILES string of the molecule is CN(CCC(C)(C)N1CC(N2CCC(F)(F)CC2)C1)[C@H]1CCN(C(C)(C)C)C1. The maximum absolute atomic E-state index is 13.4. The highest BCUT2D eigenvalue weighted by Crippen LogP contribution is 2.33. The van der Waals surface area contributed by atoms with E-state index in [0.29, 0.717) is 25.2 Å². The lowest BCUT2D eigenvalue weighted by molar-refractivity contribution is -0.0943. The topological polar surface area (TPSA) is 13.0 Å². The first-order valence-corrected chi connectivity index (χ1v) is 11.2. The summed E-state index contributed by atoms with van der Waals surface area (Å²) in [5, 5.41) is 0. The van der Waals surface area contributed by atoms with Gasteiger partial charge in [0.05, 0.1) is 0 Å². The van der Waals surface area contributed by atoms with E-state index in [9.17, 15) is 8.78 Å². The van der Waals surface area contributed by atoms with Crippen molar-refractivity contribution in [3.63, 3.8) is 0 Å². The van der Waals surface area contributed by atoms with Crippen molar-refractivity contribution in [2.24, 2.45) is 0 Å². The highest BCUT2D eigenvalue weighted by atomic mass is 19.3. The van der Waals surface area contributed by atoms with Gasteiger partial charge in [0.2, 0.25) is 0 Å². The summed E-state index contributed by atoms with van der Waals surface area (Å²) in [6.45, 7) is 18.3. The molecule has 0 bridgehead atoms. The molecule has 3 saturated heterocycles. The average molecular weight is 401 g/mol. The van der Waals surface area contributed by atoms with Crippen LogP contribution in [-0.2, 0) is 0 Å². The van der Waals surface area contributed by atoms with Gasteiger partial charge in [0, 0.05) is 75.3 Å². The van der Waals surface area contributed by atoms with Gasteiger partial charge in [-0.05, 0) is 61.1 Å². The summed E-state index contributed by atoms with van der Waals surface area (Å²) in [4.78, 5) is 9.99. The Morgan fingerprint density at radius 2 is 1.54 bits per heavy atom. The van der Waals surface area contributed by atoms with E-state index < -0.39 is 5.92 Å². The Labute approximate surface area is 171 Å². The van der Waals surface area contributed by atoms with Gasteiger partial charge in [0.15, 0.2) is 0 Å². The molecule has 0 aromatic rings. The molecule has 3 fully saturated rings. The first kappa shape index (κ1) is 22.4. The van der Waals surface area contributed by atoms with Crippen LogP contribution in [0.5, 0.6) is 0 Å². The fourth-order valence-corrected chi connectivity index (χ4v) is 4.90. The summed E-state index contributed by atoms with van der Waals surface area (Å²) < 4.78 is 26.8. The number of likely N-dealkylation sites (tertiary alicyclic amines) is 3. The van der Waals surface area contributed by atoms with Crippen molar-refractivity contribution in [1.82, 2.24) is 19.6 Å². The Hall–Kier alpha value is -0.300. The quantitative estimate of drug-likeness (QED) is 0.678. The van der Waals surface area contributed by atoms with Gasteiger partial charge in [0.1, 0.15) is 0 Å². The van der Waals surface area contributed by atoms with Gasteiger partial charge in [-0.2, -0.15) is 0 Å². The highest BCUT2D eigenvalue weighted by molar-refractivity contribution is 4.98. The molecule has 0 saturated carbocycles. The third-order valence-electron chi connectivity index (χ3n) is 7.58. The monoisotopic (exact) mass is 400 g/mol. The molecule has 0 aromatic carbocycles. The fraction of sp³-hybridized carbons (Fsp3) is 1.00. The van der Waals surface area contributed by atoms with Crippen LogP contribution in [0.15, 0.2) is 0 Å². The van der Waals surface area contributed by atoms with Gasteiger partial charge in [-0.3, -0.25) is 14.7 Å². The van der Waals surface area contributed by atoms with Crippen LogP contribution in [0.25, 0.3) is 0 Å². The Kier molecular flexibility index (Phi) is 6.47. The van der Waals surface area contributed by atoms with Gasteiger partial charge >= 0.3 is 0 Å². The summed E-state index contributed by atoms with van der Waals surface area (Å²) >= 11 is 0. The maximum atomic E-state index is 13.4. The summed E-state index contributed by atoms with van der Waals surface area (Å²) in [6, 6.07) is 1.14. The standard InChI is InChI=1S/C22H42F2N4/c1-20(2,3)27-11-7-18(15-27)25(6)12-8-21(4,5)28-16-19(17-28)26-13-9-22(23,24)10-14-26/h18-19H,7-17H2,1-6H3/t18-/m0/s1. The van der Waals surface area contributed by atoms with E-state index in [4.69, 9.17) is 0 Å². The smallest absolute Gasteiger partial charge is 0.250 e. The molecule has 6 heteroatoms. The first-order chi connectivity index (χ1) is 12.9. The van der Waals surface area contributed by atoms with E-state index in [-0.39, 0.29) is 23.9 Å². The molecule has 0 spiro atoms. The largest absolute Gasteiger partial charge is 0.302 e. The van der Waals surface area contributed by atoms with Crippen LogP contribution >= 0.6 is 0 Å². The zero-order valence-electron chi connectivity index (χ0n) is 19.0. The number of piperidine rings is 1. The molecule has 0 unspecified atom stereocenters. The Balaban J connectivity index is 1.39. The van der Waals surface area contributed by atoms with Crippen molar-refractivity contribution in [3.8, 4) is 0 Å². The molecule has 1 atom stereocenters. The maximum Gasteiger partial charge on any atom is 0.250 e. The van der Waals surface area contributed by atoms with E-state index >= 15 is 0 Å². The van der Waals surface area contributed by atoms with E-state index in [1.165, 1.54) is 19.5 Å². The molecule has 4 nitrogen and oxygen atoms in total. The number of nitrogens with zero attached hydrogens (tertiary/aromatic N) is 4. The minimum absolute atomic E-state index is 0.0324. The number of likely N-dealkylation sites (N-methyl/N-ethyl adjacent to an activating group) is 1. The van der Waals surface area contributed by atoms with Crippen molar-refractivity contribution in [2.75, 3.05) is 52.9 Å². The summed E-state index contributed by atoms with van der Waals surface area (Å²) in [5.41, 5.74) is 0.437. The summed E-state index contributed by atoms with van der Waals surface area (Å²) in [6.07, 6.45) is 2.48. The van der Waals surface area contributed by atoms with Crippen molar-refractivity contribution in [1.29, 1.82) is 0 Å². The molecule has 3 aliphatic heterocycles. The third kappa shape index (κ3) is 5.24. The third-order valence-corrected chi connectivity index (χ3v) is 7.58. The number of alkyl halides is 2. The number of halogens is 2. The van der Waals surface area contributed by atoms with Crippen molar-refractivity contribution >= 4 is 0 Å². The van der Waals surface area contributed by atoms with Crippen molar-refractivity contribution in [2.45, 2.75) is 89.4 Å². The predicted octanol–water partition coefficient (Wildman–Crippen LogP) is 3.38. The normalized spacial score (nSPS) is 28.8. The predicted molar refractivity (Wildman–Crippen MR) is 112 cm³/mol. The van der Waals surface area contributed by atoms with E-state index in [2.05, 4.69) is 61.3 Å². The number of hydrogen-bond acceptors (Lipinski definition) is 4. The number of hydrogen-bond donors (Lipinski definition) is 0. The molecule has 3 heterocycles. The van der Waals surface area contributed by atoms with Gasteiger partial charge in [0.25, 0.3) is 5.92 Å². The lowest BCUT2D eigenvalue weighted by Crippen LogP contribution is -2.66. The molecule has 0 aliphatic carbocycles. The lowest BCUT2D eigenvalue weighted by Gasteiger charge is -2.54. The zero-order chi connectivity index (χ0) is 20.7. The van der Waals surface area contributed by atoms with Crippen LogP contribution in [0.4, 0.5) is 8.78 Å². The second-order valence-corrected chi connectivity index (χ2v) is 11.1. The number of rotatable bonds is 6. The highest BCUT2D eigenvalue weighted by Gasteiger charge is 2.43. The lowest BCUT2D eigenvalue weighted by atomic mass is 9.90. The Morgan fingerprint density at radius 3 is 2.07 bits per heavy atom. The molecular formula is C22H42F2N4. The molecular weight excluding hydrogens is 358 g/mol. The zero-order valence-corrected chi connectivity index (χ0v) is 19.0. The molecule has 0 N–H and O–H groups in total. The van der Waals surface area contributed by atoms with Crippen LogP contribution in [0.1, 0.15) is 60.3 Å². The minimum Gasteiger partial charge on any atom is -0.302 e.